The number of likely N-dealkylation sites (tertiary alicyclic amines) is 1. The Morgan fingerprint density at radius 2 is 2.27 bits per heavy atom. The molecule has 1 amide bonds. The minimum atomic E-state index is 0.0110. The maximum atomic E-state index is 13.2. The van der Waals surface area contributed by atoms with Crippen LogP contribution < -0.4 is 5.32 Å². The van der Waals surface area contributed by atoms with Crippen LogP contribution >= 0.6 is 0 Å². The molecule has 1 fully saturated rings. The molecular formula is C17H26N4O. The predicted molar refractivity (Wildman–Crippen MR) is 87.5 cm³/mol. The van der Waals surface area contributed by atoms with E-state index in [1.165, 1.54) is 0 Å². The summed E-state index contributed by atoms with van der Waals surface area (Å²) >= 11 is 0. The molecule has 22 heavy (non-hydrogen) atoms. The van der Waals surface area contributed by atoms with Crippen molar-refractivity contribution in [3.63, 3.8) is 0 Å². The summed E-state index contributed by atoms with van der Waals surface area (Å²) in [5.41, 5.74) is 1.85. The maximum absolute atomic E-state index is 13.2. The van der Waals surface area contributed by atoms with Crippen molar-refractivity contribution in [2.45, 2.75) is 59.0 Å². The van der Waals surface area contributed by atoms with E-state index >= 15 is 0 Å². The van der Waals surface area contributed by atoms with Gasteiger partial charge in [-0.05, 0) is 32.1 Å². The largest absolute Gasteiger partial charge is 0.344 e. The zero-order valence-corrected chi connectivity index (χ0v) is 14.0. The zero-order chi connectivity index (χ0) is 15.9. The molecule has 2 aliphatic rings. The molecule has 3 heterocycles. The van der Waals surface area contributed by atoms with Crippen LogP contribution in [0.15, 0.2) is 23.5 Å². The number of nitrogens with zero attached hydrogens (tertiary/aromatic N) is 3. The first-order valence-corrected chi connectivity index (χ1v) is 8.36. The van der Waals surface area contributed by atoms with Gasteiger partial charge in [0.1, 0.15) is 5.82 Å². The van der Waals surface area contributed by atoms with Crippen LogP contribution in [-0.2, 0) is 4.79 Å². The van der Waals surface area contributed by atoms with E-state index in [2.05, 4.69) is 36.1 Å². The molecule has 5 nitrogen and oxygen atoms in total. The van der Waals surface area contributed by atoms with Gasteiger partial charge in [0.2, 0.25) is 0 Å². The van der Waals surface area contributed by atoms with Gasteiger partial charge in [-0.3, -0.25) is 4.79 Å². The summed E-state index contributed by atoms with van der Waals surface area (Å²) < 4.78 is 1.96. The Bertz CT molecular complexity index is 602. The van der Waals surface area contributed by atoms with Crippen molar-refractivity contribution in [1.82, 2.24) is 14.7 Å². The van der Waals surface area contributed by atoms with Gasteiger partial charge in [-0.2, -0.15) is 5.10 Å². The molecule has 0 radical (unpaired) electrons. The molecule has 1 aromatic rings. The van der Waals surface area contributed by atoms with Gasteiger partial charge in [0.25, 0.3) is 5.91 Å². The summed E-state index contributed by atoms with van der Waals surface area (Å²) in [6.07, 6.45) is 5.07. The van der Waals surface area contributed by atoms with Gasteiger partial charge in [-0.15, -0.1) is 0 Å². The van der Waals surface area contributed by atoms with Gasteiger partial charge < -0.3 is 10.2 Å². The third-order valence-corrected chi connectivity index (χ3v) is 4.92. The number of aromatic nitrogens is 2. The fraction of sp³-hybridized carbons (Fsp3) is 0.647. The second-order valence-corrected chi connectivity index (χ2v) is 6.72. The molecule has 3 rings (SSSR count). The Hall–Kier alpha value is -1.78. The fourth-order valence-electron chi connectivity index (χ4n) is 3.82. The van der Waals surface area contributed by atoms with E-state index in [-0.39, 0.29) is 11.9 Å². The summed E-state index contributed by atoms with van der Waals surface area (Å²) in [6.45, 7) is 9.37. The lowest BCUT2D eigenvalue weighted by molar-refractivity contribution is -0.128. The van der Waals surface area contributed by atoms with Crippen molar-refractivity contribution < 1.29 is 4.79 Å². The van der Waals surface area contributed by atoms with E-state index in [9.17, 15) is 4.79 Å². The first-order chi connectivity index (χ1) is 10.5. The normalized spacial score (nSPS) is 24.7. The van der Waals surface area contributed by atoms with E-state index < -0.39 is 0 Å². The predicted octanol–water partition coefficient (Wildman–Crippen LogP) is 3.18. The second kappa shape index (κ2) is 5.78. The smallest absolute Gasteiger partial charge is 0.253 e. The highest BCUT2D eigenvalue weighted by Crippen LogP contribution is 2.37. The van der Waals surface area contributed by atoms with E-state index in [1.54, 1.807) is 6.20 Å². The Balaban J connectivity index is 1.98. The van der Waals surface area contributed by atoms with Gasteiger partial charge in [0, 0.05) is 24.4 Å². The molecule has 1 aromatic heterocycles. The van der Waals surface area contributed by atoms with E-state index in [0.717, 1.165) is 42.9 Å². The lowest BCUT2D eigenvalue weighted by atomic mass is 9.91. The zero-order valence-electron chi connectivity index (χ0n) is 14.0. The van der Waals surface area contributed by atoms with Crippen molar-refractivity contribution in [2.24, 2.45) is 5.92 Å². The van der Waals surface area contributed by atoms with Crippen molar-refractivity contribution in [2.75, 3.05) is 11.9 Å². The van der Waals surface area contributed by atoms with Crippen molar-refractivity contribution in [3.8, 4) is 0 Å². The number of rotatable bonds is 3. The van der Waals surface area contributed by atoms with Crippen LogP contribution in [0.2, 0.25) is 0 Å². The van der Waals surface area contributed by atoms with Crippen LogP contribution in [0.3, 0.4) is 0 Å². The quantitative estimate of drug-likeness (QED) is 0.933. The van der Waals surface area contributed by atoms with Crippen LogP contribution in [0.25, 0.3) is 0 Å². The standard InChI is InChI=1S/C17H26N4O/c1-5-13-7-6-10-20(13)17(22)15-12(4)19-14-8-9-18-21(14)16(15)11(2)3/h8-9,11,13,16,19H,5-7,10H2,1-4H3. The highest BCUT2D eigenvalue weighted by molar-refractivity contribution is 5.96. The summed E-state index contributed by atoms with van der Waals surface area (Å²) in [5.74, 6) is 1.48. The number of hydrogen-bond donors (Lipinski definition) is 1. The van der Waals surface area contributed by atoms with Gasteiger partial charge in [-0.1, -0.05) is 20.8 Å². The van der Waals surface area contributed by atoms with E-state index in [1.807, 2.05) is 17.7 Å². The van der Waals surface area contributed by atoms with Crippen molar-refractivity contribution >= 4 is 11.7 Å². The van der Waals surface area contributed by atoms with Gasteiger partial charge >= 0.3 is 0 Å². The highest BCUT2D eigenvalue weighted by Gasteiger charge is 2.38. The molecule has 2 unspecified atom stereocenters. The number of allylic oxidation sites excluding steroid dienone is 1. The number of amides is 1. The average molecular weight is 302 g/mol. The Morgan fingerprint density at radius 1 is 1.50 bits per heavy atom. The fourth-order valence-corrected chi connectivity index (χ4v) is 3.82. The van der Waals surface area contributed by atoms with Gasteiger partial charge in [0.15, 0.2) is 0 Å². The van der Waals surface area contributed by atoms with Crippen molar-refractivity contribution in [1.29, 1.82) is 0 Å². The maximum Gasteiger partial charge on any atom is 0.253 e. The van der Waals surface area contributed by atoms with Gasteiger partial charge in [0.05, 0.1) is 17.8 Å². The first kappa shape index (κ1) is 15.1. The molecule has 120 valence electrons. The van der Waals surface area contributed by atoms with Crippen LogP contribution in [0.4, 0.5) is 5.82 Å². The highest BCUT2D eigenvalue weighted by atomic mass is 16.2. The second-order valence-electron chi connectivity index (χ2n) is 6.72. The van der Waals surface area contributed by atoms with Crippen LogP contribution in [0, 0.1) is 5.92 Å². The molecule has 1 N–H and O–H groups in total. The van der Waals surface area contributed by atoms with E-state index in [0.29, 0.717) is 12.0 Å². The lowest BCUT2D eigenvalue weighted by Gasteiger charge is -2.35. The number of carbonyl (C=O) groups excluding carboxylic acids is 1. The number of nitrogens with one attached hydrogen (secondary N) is 1. The van der Waals surface area contributed by atoms with Gasteiger partial charge in [-0.25, -0.2) is 4.68 Å². The SMILES string of the molecule is CCC1CCCN1C(=O)C1=C(C)Nc2ccnn2C1C(C)C. The average Bonchev–Trinajstić information content (AvgIpc) is 3.12. The van der Waals surface area contributed by atoms with Crippen LogP contribution in [-0.4, -0.2) is 33.2 Å². The molecule has 1 saturated heterocycles. The van der Waals surface area contributed by atoms with Crippen molar-refractivity contribution in [3.05, 3.63) is 23.5 Å². The number of anilines is 1. The minimum absolute atomic E-state index is 0.0110. The Kier molecular flexibility index (Phi) is 3.98. The Labute approximate surface area is 132 Å². The molecule has 2 atom stereocenters. The number of fused-ring (bicyclic) bond motifs is 1. The summed E-state index contributed by atoms with van der Waals surface area (Å²) in [7, 11) is 0. The Morgan fingerprint density at radius 3 is 2.95 bits per heavy atom. The van der Waals surface area contributed by atoms with Crippen LogP contribution in [0.1, 0.15) is 53.0 Å². The third-order valence-electron chi connectivity index (χ3n) is 4.92. The molecule has 0 spiro atoms. The monoisotopic (exact) mass is 302 g/mol. The summed E-state index contributed by atoms with van der Waals surface area (Å²) in [6, 6.07) is 2.36. The summed E-state index contributed by atoms with van der Waals surface area (Å²) in [4.78, 5) is 15.3. The molecule has 0 bridgehead atoms. The summed E-state index contributed by atoms with van der Waals surface area (Å²) in [5, 5.41) is 7.79. The lowest BCUT2D eigenvalue weighted by Crippen LogP contribution is -2.41. The molecule has 5 heteroatoms. The minimum Gasteiger partial charge on any atom is -0.344 e. The molecule has 0 saturated carbocycles. The molecular weight excluding hydrogens is 276 g/mol. The number of hydrogen-bond acceptors (Lipinski definition) is 3. The molecule has 2 aliphatic heterocycles. The van der Waals surface area contributed by atoms with Crippen LogP contribution in [0.5, 0.6) is 0 Å². The molecule has 0 aliphatic carbocycles. The van der Waals surface area contributed by atoms with E-state index in [4.69, 9.17) is 0 Å². The number of carbonyl (C=O) groups is 1. The first-order valence-electron chi connectivity index (χ1n) is 8.36. The third kappa shape index (κ3) is 2.32. The topological polar surface area (TPSA) is 50.2 Å². The molecule has 0 aromatic carbocycles.